The van der Waals surface area contributed by atoms with Gasteiger partial charge < -0.3 is 19.1 Å². The molecule has 1 saturated heterocycles. The molecular formula is C27H24N6O3. The summed E-state index contributed by atoms with van der Waals surface area (Å²) in [6, 6.07) is 15.3. The molecule has 0 radical (unpaired) electrons. The Morgan fingerprint density at radius 2 is 1.75 bits per heavy atom. The number of nitrogens with zero attached hydrogens (tertiary/aromatic N) is 5. The number of carbonyl (C=O) groups is 1. The number of carbonyl (C=O) groups excluding carboxylic acids is 1. The first-order valence-corrected chi connectivity index (χ1v) is 11.9. The van der Waals surface area contributed by atoms with Gasteiger partial charge in [0, 0.05) is 55.3 Å². The van der Waals surface area contributed by atoms with Gasteiger partial charge in [-0.25, -0.2) is 9.97 Å². The fourth-order valence-corrected chi connectivity index (χ4v) is 4.38. The minimum Gasteiger partial charge on any atom is -0.378 e. The number of anilines is 1. The number of Topliss-reactive ketones (excluding diaryl/α,β-unsaturated/α-hetero) is 1. The highest BCUT2D eigenvalue weighted by atomic mass is 16.5. The molecule has 1 aliphatic rings. The van der Waals surface area contributed by atoms with E-state index < -0.39 is 0 Å². The largest absolute Gasteiger partial charge is 0.378 e. The van der Waals surface area contributed by atoms with E-state index in [1.807, 2.05) is 42.5 Å². The van der Waals surface area contributed by atoms with Crippen molar-refractivity contribution in [3.63, 3.8) is 0 Å². The van der Waals surface area contributed by atoms with Crippen LogP contribution in [0.2, 0.25) is 0 Å². The smallest absolute Gasteiger partial charge is 0.156 e. The van der Waals surface area contributed by atoms with Crippen molar-refractivity contribution in [2.45, 2.75) is 12.8 Å². The van der Waals surface area contributed by atoms with Crippen molar-refractivity contribution >= 4 is 22.6 Å². The number of hydrogen-bond donors (Lipinski definition) is 1. The van der Waals surface area contributed by atoms with Crippen molar-refractivity contribution in [1.29, 1.82) is 0 Å². The van der Waals surface area contributed by atoms with Crippen LogP contribution in [-0.2, 0) is 22.4 Å². The first-order chi connectivity index (χ1) is 17.7. The van der Waals surface area contributed by atoms with E-state index in [0.29, 0.717) is 31.1 Å². The third-order valence-electron chi connectivity index (χ3n) is 6.23. The molecule has 0 spiro atoms. The lowest BCUT2D eigenvalue weighted by molar-refractivity contribution is -0.118. The Hall–Kier alpha value is -4.37. The number of ketones is 1. The van der Waals surface area contributed by atoms with E-state index in [1.54, 1.807) is 24.7 Å². The highest BCUT2D eigenvalue weighted by Crippen LogP contribution is 2.27. The van der Waals surface area contributed by atoms with Crippen LogP contribution in [0.15, 0.2) is 71.6 Å². The minimum atomic E-state index is 0.0603. The second-order valence-electron chi connectivity index (χ2n) is 8.72. The standard InChI is InChI=1S/C27H24N6O3/c34-21(16-22-17-24(32-36-22)19-5-8-28-9-6-19)15-18-1-3-20(4-2-18)26-30-23-7-10-29-27(25(23)31-26)33-11-13-35-14-12-33/h1-10,17H,11-16H2,(H,30,31). The molecule has 0 saturated carbocycles. The van der Waals surface area contributed by atoms with Gasteiger partial charge in [0.1, 0.15) is 28.6 Å². The minimum absolute atomic E-state index is 0.0603. The molecule has 0 amide bonds. The summed E-state index contributed by atoms with van der Waals surface area (Å²) < 4.78 is 10.8. The molecule has 5 heterocycles. The molecule has 9 heteroatoms. The molecule has 1 fully saturated rings. The molecule has 4 aromatic heterocycles. The monoisotopic (exact) mass is 480 g/mol. The number of H-pyrrole nitrogens is 1. The maximum absolute atomic E-state index is 12.7. The van der Waals surface area contributed by atoms with Gasteiger partial charge >= 0.3 is 0 Å². The number of aromatic amines is 1. The van der Waals surface area contributed by atoms with Crippen LogP contribution in [0.4, 0.5) is 5.82 Å². The first-order valence-electron chi connectivity index (χ1n) is 11.9. The van der Waals surface area contributed by atoms with E-state index in [-0.39, 0.29) is 12.2 Å². The van der Waals surface area contributed by atoms with Gasteiger partial charge in [0.2, 0.25) is 0 Å². The molecule has 0 bridgehead atoms. The van der Waals surface area contributed by atoms with Crippen LogP contribution < -0.4 is 4.90 Å². The zero-order valence-electron chi connectivity index (χ0n) is 19.6. The predicted octanol–water partition coefficient (Wildman–Crippen LogP) is 3.87. The van der Waals surface area contributed by atoms with Crippen LogP contribution in [0.1, 0.15) is 11.3 Å². The summed E-state index contributed by atoms with van der Waals surface area (Å²) in [7, 11) is 0. The normalized spacial score (nSPS) is 13.8. The Morgan fingerprint density at radius 3 is 2.56 bits per heavy atom. The number of morpholine rings is 1. The summed E-state index contributed by atoms with van der Waals surface area (Å²) in [5.74, 6) is 2.26. The van der Waals surface area contributed by atoms with Crippen molar-refractivity contribution in [3.05, 3.63) is 78.4 Å². The van der Waals surface area contributed by atoms with E-state index in [2.05, 4.69) is 25.0 Å². The average Bonchev–Trinajstić information content (AvgIpc) is 3.57. The Labute approximate surface area is 207 Å². The van der Waals surface area contributed by atoms with Gasteiger partial charge in [-0.15, -0.1) is 0 Å². The van der Waals surface area contributed by atoms with Crippen LogP contribution in [0.25, 0.3) is 33.7 Å². The third kappa shape index (κ3) is 4.60. The quantitative estimate of drug-likeness (QED) is 0.374. The molecule has 1 N–H and O–H groups in total. The molecular weight excluding hydrogens is 456 g/mol. The van der Waals surface area contributed by atoms with Gasteiger partial charge in [-0.05, 0) is 23.8 Å². The number of fused-ring (bicyclic) bond motifs is 1. The molecule has 9 nitrogen and oxygen atoms in total. The van der Waals surface area contributed by atoms with Crippen molar-refractivity contribution in [3.8, 4) is 22.6 Å². The predicted molar refractivity (Wildman–Crippen MR) is 135 cm³/mol. The third-order valence-corrected chi connectivity index (χ3v) is 6.23. The lowest BCUT2D eigenvalue weighted by atomic mass is 10.0. The maximum Gasteiger partial charge on any atom is 0.156 e. The van der Waals surface area contributed by atoms with Crippen LogP contribution in [0.3, 0.4) is 0 Å². The van der Waals surface area contributed by atoms with Crippen LogP contribution in [0, 0.1) is 0 Å². The molecule has 0 unspecified atom stereocenters. The van der Waals surface area contributed by atoms with Gasteiger partial charge in [0.15, 0.2) is 5.82 Å². The highest BCUT2D eigenvalue weighted by Gasteiger charge is 2.18. The van der Waals surface area contributed by atoms with Gasteiger partial charge in [0.25, 0.3) is 0 Å². The van der Waals surface area contributed by atoms with Crippen molar-refractivity contribution in [2.75, 3.05) is 31.2 Å². The number of pyridine rings is 2. The highest BCUT2D eigenvalue weighted by molar-refractivity contribution is 5.89. The van der Waals surface area contributed by atoms with E-state index in [1.165, 1.54) is 0 Å². The Bertz CT molecular complexity index is 1490. The lowest BCUT2D eigenvalue weighted by Gasteiger charge is -2.27. The van der Waals surface area contributed by atoms with Crippen LogP contribution in [0.5, 0.6) is 0 Å². The van der Waals surface area contributed by atoms with Gasteiger partial charge in [-0.2, -0.15) is 0 Å². The molecule has 180 valence electrons. The summed E-state index contributed by atoms with van der Waals surface area (Å²) in [4.78, 5) is 31.7. The van der Waals surface area contributed by atoms with E-state index in [4.69, 9.17) is 14.2 Å². The molecule has 1 aliphatic heterocycles. The molecule has 6 rings (SSSR count). The summed E-state index contributed by atoms with van der Waals surface area (Å²) >= 11 is 0. The maximum atomic E-state index is 12.7. The van der Waals surface area contributed by atoms with Crippen molar-refractivity contribution < 1.29 is 14.1 Å². The second kappa shape index (κ2) is 9.71. The SMILES string of the molecule is O=C(Cc1ccc(-c2nc3c(N4CCOCC4)nccc3[nH]2)cc1)Cc1cc(-c2ccncc2)no1. The lowest BCUT2D eigenvalue weighted by Crippen LogP contribution is -2.36. The molecule has 1 aromatic carbocycles. The number of hydrogen-bond acceptors (Lipinski definition) is 8. The van der Waals surface area contributed by atoms with Crippen molar-refractivity contribution in [2.24, 2.45) is 0 Å². The fourth-order valence-electron chi connectivity index (χ4n) is 4.38. The van der Waals surface area contributed by atoms with E-state index in [9.17, 15) is 4.79 Å². The Kier molecular flexibility index (Phi) is 5.96. The fraction of sp³-hybridized carbons (Fsp3) is 0.222. The second-order valence-corrected chi connectivity index (χ2v) is 8.72. The van der Waals surface area contributed by atoms with E-state index in [0.717, 1.165) is 52.5 Å². The summed E-state index contributed by atoms with van der Waals surface area (Å²) in [6.45, 7) is 2.99. The van der Waals surface area contributed by atoms with Crippen LogP contribution in [-0.4, -0.2) is 57.2 Å². The van der Waals surface area contributed by atoms with E-state index >= 15 is 0 Å². The zero-order chi connectivity index (χ0) is 24.3. The van der Waals surface area contributed by atoms with Gasteiger partial charge in [-0.3, -0.25) is 9.78 Å². The van der Waals surface area contributed by atoms with Crippen LogP contribution >= 0.6 is 0 Å². The topological polar surface area (TPSA) is 110 Å². The van der Waals surface area contributed by atoms with Gasteiger partial charge in [0.05, 0.1) is 25.2 Å². The first kappa shape index (κ1) is 22.1. The molecule has 36 heavy (non-hydrogen) atoms. The zero-order valence-corrected chi connectivity index (χ0v) is 19.6. The van der Waals surface area contributed by atoms with Gasteiger partial charge in [-0.1, -0.05) is 29.4 Å². The number of rotatable bonds is 7. The molecule has 0 aliphatic carbocycles. The summed E-state index contributed by atoms with van der Waals surface area (Å²) in [6.07, 6.45) is 5.71. The molecule has 5 aromatic rings. The number of imidazole rings is 1. The summed E-state index contributed by atoms with van der Waals surface area (Å²) in [5, 5.41) is 4.07. The number of aromatic nitrogens is 5. The number of nitrogens with one attached hydrogen (secondary N) is 1. The number of benzene rings is 1. The number of ether oxygens (including phenoxy) is 1. The Morgan fingerprint density at radius 1 is 0.944 bits per heavy atom. The molecule has 0 atom stereocenters. The van der Waals surface area contributed by atoms with Crippen molar-refractivity contribution in [1.82, 2.24) is 25.1 Å². The summed E-state index contributed by atoms with van der Waals surface area (Å²) in [5.41, 5.74) is 5.28. The Balaban J connectivity index is 1.14. The average molecular weight is 481 g/mol.